The topological polar surface area (TPSA) is 64.3 Å². The summed E-state index contributed by atoms with van der Waals surface area (Å²) in [6.07, 6.45) is 4.43. The van der Waals surface area contributed by atoms with Crippen molar-refractivity contribution in [3.05, 3.63) is 11.9 Å². The Labute approximate surface area is 130 Å². The number of carbonyl (C=O) groups is 1. The fourth-order valence-corrected chi connectivity index (χ4v) is 2.83. The summed E-state index contributed by atoms with van der Waals surface area (Å²) in [6.45, 7) is 8.63. The van der Waals surface area contributed by atoms with E-state index in [4.69, 9.17) is 9.84 Å². The highest BCUT2D eigenvalue weighted by atomic mass is 32.2. The molecule has 1 N–H and O–H groups in total. The lowest BCUT2D eigenvalue weighted by Gasteiger charge is -2.21. The van der Waals surface area contributed by atoms with Crippen LogP contribution in [0.4, 0.5) is 0 Å². The molecule has 21 heavy (non-hydrogen) atoms. The molecule has 0 atom stereocenters. The molecule has 0 unspecified atom stereocenters. The molecular formula is C15H24N2O3S. The summed E-state index contributed by atoms with van der Waals surface area (Å²) in [5, 5.41) is 9.59. The van der Waals surface area contributed by atoms with Crippen molar-refractivity contribution in [2.24, 2.45) is 5.92 Å². The molecular weight excluding hydrogens is 288 g/mol. The van der Waals surface area contributed by atoms with Gasteiger partial charge in [-0.25, -0.2) is 4.98 Å². The summed E-state index contributed by atoms with van der Waals surface area (Å²) in [6, 6.07) is 0. The molecule has 118 valence electrons. The van der Waals surface area contributed by atoms with E-state index in [9.17, 15) is 4.79 Å². The van der Waals surface area contributed by atoms with Crippen LogP contribution >= 0.6 is 11.8 Å². The van der Waals surface area contributed by atoms with Crippen LogP contribution in [0.3, 0.4) is 0 Å². The molecule has 1 aromatic rings. The highest BCUT2D eigenvalue weighted by Crippen LogP contribution is 2.29. The zero-order valence-corrected chi connectivity index (χ0v) is 13.8. The third kappa shape index (κ3) is 5.04. The second-order valence-electron chi connectivity index (χ2n) is 6.53. The maximum atomic E-state index is 10.7. The van der Waals surface area contributed by atoms with E-state index in [1.807, 2.05) is 6.20 Å². The minimum atomic E-state index is -0.822. The Hall–Kier alpha value is -1.01. The molecule has 1 saturated carbocycles. The fourth-order valence-electron chi connectivity index (χ4n) is 2.11. The van der Waals surface area contributed by atoms with Gasteiger partial charge in [0.1, 0.15) is 0 Å². The second kappa shape index (κ2) is 6.83. The van der Waals surface area contributed by atoms with Gasteiger partial charge in [0.25, 0.3) is 0 Å². The highest BCUT2D eigenvalue weighted by molar-refractivity contribution is 7.99. The van der Waals surface area contributed by atoms with Gasteiger partial charge in [-0.05, 0) is 18.8 Å². The monoisotopic (exact) mass is 312 g/mol. The van der Waals surface area contributed by atoms with Crippen LogP contribution in [0.5, 0.6) is 0 Å². The van der Waals surface area contributed by atoms with Gasteiger partial charge < -0.3 is 14.4 Å². The molecule has 1 aromatic heterocycles. The van der Waals surface area contributed by atoms with Crippen LogP contribution < -0.4 is 0 Å². The molecule has 5 nitrogen and oxygen atoms in total. The normalized spacial score (nSPS) is 15.4. The van der Waals surface area contributed by atoms with Crippen molar-refractivity contribution in [1.82, 2.24) is 9.55 Å². The Morgan fingerprint density at radius 3 is 2.81 bits per heavy atom. The number of carboxylic acid groups (broad SMARTS) is 1. The van der Waals surface area contributed by atoms with Gasteiger partial charge in [-0.1, -0.05) is 32.5 Å². The number of carboxylic acids is 1. The number of ether oxygens (including phenoxy) is 1. The summed E-state index contributed by atoms with van der Waals surface area (Å²) in [5.41, 5.74) is 1.09. The van der Waals surface area contributed by atoms with Crippen LogP contribution in [0.2, 0.25) is 0 Å². The van der Waals surface area contributed by atoms with Gasteiger partial charge in [0.2, 0.25) is 0 Å². The number of hydrogen-bond acceptors (Lipinski definition) is 4. The summed E-state index contributed by atoms with van der Waals surface area (Å²) in [4.78, 5) is 15.1. The highest BCUT2D eigenvalue weighted by Gasteiger charge is 2.23. The van der Waals surface area contributed by atoms with E-state index < -0.39 is 5.97 Å². The van der Waals surface area contributed by atoms with Gasteiger partial charge >= 0.3 is 5.97 Å². The van der Waals surface area contributed by atoms with Gasteiger partial charge in [0.05, 0.1) is 12.4 Å². The number of nitrogens with zero attached hydrogens (tertiary/aromatic N) is 2. The molecule has 6 heteroatoms. The average molecular weight is 312 g/mol. The number of rotatable bonds is 8. The predicted octanol–water partition coefficient (Wildman–Crippen LogP) is 2.78. The molecule has 0 amide bonds. The maximum absolute atomic E-state index is 10.7. The van der Waals surface area contributed by atoms with Crippen molar-refractivity contribution >= 4 is 17.7 Å². The van der Waals surface area contributed by atoms with Gasteiger partial charge in [-0.2, -0.15) is 0 Å². The Morgan fingerprint density at radius 2 is 2.24 bits per heavy atom. The lowest BCUT2D eigenvalue weighted by molar-refractivity contribution is -0.133. The molecule has 1 heterocycles. The number of aromatic nitrogens is 2. The lowest BCUT2D eigenvalue weighted by atomic mass is 9.93. The SMILES string of the molecule is CC(C)(C)c1cnc(SCC(=O)O)n1CCOCC1CC1. The summed E-state index contributed by atoms with van der Waals surface area (Å²) >= 11 is 1.27. The van der Waals surface area contributed by atoms with Crippen LogP contribution in [0.15, 0.2) is 11.4 Å². The molecule has 0 bridgehead atoms. The van der Waals surface area contributed by atoms with E-state index in [2.05, 4.69) is 30.3 Å². The number of hydrogen-bond donors (Lipinski definition) is 1. The van der Waals surface area contributed by atoms with E-state index in [0.717, 1.165) is 29.9 Å². The predicted molar refractivity (Wildman–Crippen MR) is 82.8 cm³/mol. The van der Waals surface area contributed by atoms with E-state index in [-0.39, 0.29) is 11.2 Å². The molecule has 0 radical (unpaired) electrons. The Morgan fingerprint density at radius 1 is 1.52 bits per heavy atom. The fraction of sp³-hybridized carbons (Fsp3) is 0.733. The van der Waals surface area contributed by atoms with E-state index >= 15 is 0 Å². The zero-order valence-electron chi connectivity index (χ0n) is 13.0. The zero-order chi connectivity index (χ0) is 15.5. The van der Waals surface area contributed by atoms with Crippen molar-refractivity contribution in [1.29, 1.82) is 0 Å². The summed E-state index contributed by atoms with van der Waals surface area (Å²) < 4.78 is 7.80. The van der Waals surface area contributed by atoms with E-state index in [1.54, 1.807) is 0 Å². The Balaban J connectivity index is 2.01. The lowest BCUT2D eigenvalue weighted by Crippen LogP contribution is -2.20. The first-order chi connectivity index (χ1) is 9.88. The molecule has 1 fully saturated rings. The van der Waals surface area contributed by atoms with Gasteiger partial charge in [-0.15, -0.1) is 0 Å². The molecule has 1 aliphatic carbocycles. The first kappa shape index (κ1) is 16.4. The number of thioether (sulfide) groups is 1. The number of aliphatic carboxylic acids is 1. The first-order valence-corrected chi connectivity index (χ1v) is 8.35. The smallest absolute Gasteiger partial charge is 0.313 e. The standard InChI is InChI=1S/C15H24N2O3S/c1-15(2,3)12-8-16-14(21-10-13(18)19)17(12)6-7-20-9-11-4-5-11/h8,11H,4-7,9-10H2,1-3H3,(H,18,19). The van der Waals surface area contributed by atoms with Crippen molar-refractivity contribution in [3.8, 4) is 0 Å². The van der Waals surface area contributed by atoms with Crippen LogP contribution in [-0.2, 0) is 21.5 Å². The van der Waals surface area contributed by atoms with Gasteiger partial charge in [-0.3, -0.25) is 4.79 Å². The molecule has 0 saturated heterocycles. The van der Waals surface area contributed by atoms with Crippen molar-refractivity contribution in [2.45, 2.75) is 50.7 Å². The maximum Gasteiger partial charge on any atom is 0.313 e. The first-order valence-electron chi connectivity index (χ1n) is 7.36. The molecule has 0 aromatic carbocycles. The van der Waals surface area contributed by atoms with Crippen LogP contribution in [-0.4, -0.2) is 39.6 Å². The summed E-state index contributed by atoms with van der Waals surface area (Å²) in [7, 11) is 0. The van der Waals surface area contributed by atoms with E-state index in [0.29, 0.717) is 6.61 Å². The summed E-state index contributed by atoms with van der Waals surface area (Å²) in [5.74, 6) is -0.0312. The third-order valence-electron chi connectivity index (χ3n) is 3.42. The largest absolute Gasteiger partial charge is 0.481 e. The van der Waals surface area contributed by atoms with Crippen molar-refractivity contribution in [3.63, 3.8) is 0 Å². The van der Waals surface area contributed by atoms with Crippen LogP contribution in [0, 0.1) is 5.92 Å². The molecule has 2 rings (SSSR count). The van der Waals surface area contributed by atoms with Crippen LogP contribution in [0.1, 0.15) is 39.3 Å². The minimum absolute atomic E-state index is 0.0223. The van der Waals surface area contributed by atoms with Crippen LogP contribution in [0.25, 0.3) is 0 Å². The van der Waals surface area contributed by atoms with Crippen molar-refractivity contribution in [2.75, 3.05) is 19.0 Å². The molecule has 0 aliphatic heterocycles. The van der Waals surface area contributed by atoms with Gasteiger partial charge in [0.15, 0.2) is 5.16 Å². The minimum Gasteiger partial charge on any atom is -0.481 e. The quantitative estimate of drug-likeness (QED) is 0.590. The van der Waals surface area contributed by atoms with Gasteiger partial charge in [0, 0.05) is 30.5 Å². The third-order valence-corrected chi connectivity index (χ3v) is 4.40. The second-order valence-corrected chi connectivity index (χ2v) is 7.47. The Bertz CT molecular complexity index is 490. The Kier molecular flexibility index (Phi) is 5.32. The molecule has 0 spiro atoms. The average Bonchev–Trinajstić information content (AvgIpc) is 3.10. The number of imidazole rings is 1. The van der Waals surface area contributed by atoms with E-state index in [1.165, 1.54) is 24.6 Å². The molecule has 1 aliphatic rings. The van der Waals surface area contributed by atoms with Crippen molar-refractivity contribution < 1.29 is 14.6 Å².